The fraction of sp³-hybridized carbons (Fsp3) is 0.710. The summed E-state index contributed by atoms with van der Waals surface area (Å²) in [5, 5.41) is 77.7. The fourth-order valence-corrected chi connectivity index (χ4v) is 9.30. The summed E-state index contributed by atoms with van der Waals surface area (Å²) in [6.45, 7) is 4.52. The maximum absolute atomic E-state index is 13.9. The first-order valence-electron chi connectivity index (χ1n) is 34.2. The summed E-state index contributed by atoms with van der Waals surface area (Å²) in [5.74, 6) is -17.4. The van der Waals surface area contributed by atoms with Crippen LogP contribution in [0.4, 0.5) is 0 Å². The molecule has 0 aliphatic heterocycles. The summed E-state index contributed by atoms with van der Waals surface area (Å²) in [7, 11) is 0. The van der Waals surface area contributed by atoms with Crippen LogP contribution in [0.15, 0.2) is 0 Å². The number of nitrogens with one attached hydrogen (secondary N) is 16. The number of rotatable bonds is 55. The van der Waals surface area contributed by atoms with Crippen LogP contribution in [0.1, 0.15) is 144 Å². The molecule has 0 aromatic heterocycles. The SMILES string of the molecule is CC(=O)NCCCC[C@H](NC(=O)CNC(=O)CNC(=O)[C@H](C)N)C(=O)N[C@@H](C)C(=O)NCC(=O)N[C@@H](CCCCNC(C)=O)C(=O)N[C@@H](CC(=O)O)C(=O)N[C@@H](CO)C(=O)NCC(=O)N[C@@H](CCCCN)C(=O)N[C@@H](C)C(=O)N[C@@H](CCCCN)C(=O)N[C@H](C(=O)N[C@@H](CCCCN)C(=O)O)[C@@H](C)O. The van der Waals surface area contributed by atoms with E-state index >= 15 is 0 Å². The molecule has 0 saturated carbocycles. The van der Waals surface area contributed by atoms with Gasteiger partial charge in [0, 0.05) is 26.9 Å². The number of carbonyl (C=O) groups excluding carboxylic acids is 16. The van der Waals surface area contributed by atoms with E-state index in [-0.39, 0.29) is 109 Å². The van der Waals surface area contributed by atoms with Gasteiger partial charge in [-0.25, -0.2) is 4.79 Å². The molecule has 42 heteroatoms. The zero-order chi connectivity index (χ0) is 79.0. The van der Waals surface area contributed by atoms with Crippen molar-refractivity contribution in [3.63, 3.8) is 0 Å². The minimum atomic E-state index is -2.02. The molecular weight excluding hydrogens is 1380 g/mol. The Hall–Kier alpha value is -9.78. The van der Waals surface area contributed by atoms with Crippen molar-refractivity contribution in [3.05, 3.63) is 0 Å². The van der Waals surface area contributed by atoms with Crippen LogP contribution in [0.25, 0.3) is 0 Å². The van der Waals surface area contributed by atoms with Gasteiger partial charge in [0.05, 0.1) is 51.4 Å². The number of carboxylic acids is 2. The lowest BCUT2D eigenvalue weighted by Crippen LogP contribution is -2.60. The van der Waals surface area contributed by atoms with Crippen LogP contribution in [0.5, 0.6) is 0 Å². The minimum Gasteiger partial charge on any atom is -0.481 e. The molecule has 104 heavy (non-hydrogen) atoms. The second-order valence-corrected chi connectivity index (χ2v) is 24.4. The van der Waals surface area contributed by atoms with Gasteiger partial charge in [0.15, 0.2) is 0 Å². The third-order valence-electron chi connectivity index (χ3n) is 15.2. The van der Waals surface area contributed by atoms with E-state index in [0.717, 1.165) is 0 Å². The molecule has 0 rings (SSSR count). The van der Waals surface area contributed by atoms with Crippen molar-refractivity contribution in [1.29, 1.82) is 0 Å². The Labute approximate surface area is 601 Å². The largest absolute Gasteiger partial charge is 0.481 e. The standard InChI is InChI=1S/C62H110N20O22/c1-33(66)52(93)70-28-46(87)69-29-47(88)75-40(19-10-15-25-67-37(5)85)56(97)73-34(2)53(94)71-30-48(89)77-41(20-11-16-26-68-38(6)86)58(99)80-44(27-50(91)92)60(101)81-45(32-83)55(96)72-31-49(90)76-39(17-7-12-22-63)57(98)74-35(3)54(95)78-42(18-8-13-23-64)59(100)82-51(36(4)84)61(102)79-43(62(103)104)21-9-14-24-65/h33-36,39-45,51,83-84H,7-32,63-66H2,1-6H3,(H,67,85)(H,68,86)(H,69,87)(H,70,93)(H,71,94)(H,72,96)(H,73,97)(H,74,98)(H,75,88)(H,76,90)(H,77,89)(H,78,95)(H,79,102)(H,80,99)(H,81,101)(H,82,100)(H,91,92)(H,103,104)/t33-,34-,35-,36+,39-,40-,41-,42-,43-,44-,45-,51-/m0/s1. The van der Waals surface area contributed by atoms with E-state index < -0.39 is 206 Å². The average molecular weight is 1490 g/mol. The number of amides is 16. The number of unbranched alkanes of at least 4 members (excludes halogenated alkanes) is 5. The maximum atomic E-state index is 13.9. The molecule has 16 amide bonds. The fourth-order valence-electron chi connectivity index (χ4n) is 9.30. The summed E-state index contributed by atoms with van der Waals surface area (Å²) in [6.07, 6.45) is 0.0148. The van der Waals surface area contributed by atoms with Gasteiger partial charge in [-0.1, -0.05) is 0 Å². The normalized spacial score (nSPS) is 14.3. The van der Waals surface area contributed by atoms with Gasteiger partial charge in [0.1, 0.15) is 60.4 Å². The van der Waals surface area contributed by atoms with Gasteiger partial charge in [0.25, 0.3) is 0 Å². The number of aliphatic hydroxyl groups is 2. The Bertz CT molecular complexity index is 2870. The van der Waals surface area contributed by atoms with Crippen LogP contribution in [0, 0.1) is 0 Å². The Balaban J connectivity index is 6.25. The number of carbonyl (C=O) groups is 18. The van der Waals surface area contributed by atoms with E-state index in [1.807, 2.05) is 0 Å². The monoisotopic (exact) mass is 1490 g/mol. The highest BCUT2D eigenvalue weighted by Gasteiger charge is 2.36. The van der Waals surface area contributed by atoms with Crippen molar-refractivity contribution >= 4 is 106 Å². The van der Waals surface area contributed by atoms with Gasteiger partial charge in [0.2, 0.25) is 94.5 Å². The van der Waals surface area contributed by atoms with Crippen LogP contribution in [-0.4, -0.2) is 265 Å². The molecule has 590 valence electrons. The average Bonchev–Trinajstić information content (AvgIpc) is 0.864. The summed E-state index contributed by atoms with van der Waals surface area (Å²) in [4.78, 5) is 232. The number of aliphatic carboxylic acids is 2. The first-order chi connectivity index (χ1) is 49.0. The molecule has 0 spiro atoms. The smallest absolute Gasteiger partial charge is 0.326 e. The Morgan fingerprint density at radius 1 is 0.337 bits per heavy atom. The number of aliphatic hydroxyl groups excluding tert-OH is 2. The molecule has 0 aliphatic carbocycles. The van der Waals surface area contributed by atoms with Crippen LogP contribution in [-0.2, 0) is 86.3 Å². The summed E-state index contributed by atoms with van der Waals surface area (Å²) in [5.41, 5.74) is 22.3. The van der Waals surface area contributed by atoms with E-state index in [9.17, 15) is 107 Å². The minimum absolute atomic E-state index is 0.0000308. The van der Waals surface area contributed by atoms with Crippen molar-refractivity contribution < 1.29 is 107 Å². The molecule has 42 nitrogen and oxygen atoms in total. The van der Waals surface area contributed by atoms with Gasteiger partial charge in [-0.3, -0.25) is 81.5 Å². The molecule has 0 fully saturated rings. The summed E-state index contributed by atoms with van der Waals surface area (Å²) < 4.78 is 0. The van der Waals surface area contributed by atoms with Crippen LogP contribution >= 0.6 is 0 Å². The molecule has 0 heterocycles. The maximum Gasteiger partial charge on any atom is 0.326 e. The predicted octanol–water partition coefficient (Wildman–Crippen LogP) is -10.4. The van der Waals surface area contributed by atoms with Gasteiger partial charge >= 0.3 is 11.9 Å². The molecule has 0 saturated heterocycles. The number of carboxylic acid groups (broad SMARTS) is 2. The number of hydrogen-bond acceptors (Lipinski definition) is 24. The van der Waals surface area contributed by atoms with Crippen LogP contribution in [0.3, 0.4) is 0 Å². The van der Waals surface area contributed by atoms with Crippen LogP contribution < -0.4 is 108 Å². The van der Waals surface area contributed by atoms with E-state index in [0.29, 0.717) is 32.1 Å². The Morgan fingerprint density at radius 3 is 1.08 bits per heavy atom. The van der Waals surface area contributed by atoms with Crippen molar-refractivity contribution in [2.24, 2.45) is 22.9 Å². The third kappa shape index (κ3) is 42.0. The van der Waals surface area contributed by atoms with Crippen molar-refractivity contribution in [2.45, 2.75) is 217 Å². The summed E-state index contributed by atoms with van der Waals surface area (Å²) in [6, 6.07) is -16.4. The van der Waals surface area contributed by atoms with Gasteiger partial charge in [-0.2, -0.15) is 0 Å². The Morgan fingerprint density at radius 2 is 0.673 bits per heavy atom. The first kappa shape index (κ1) is 94.2. The lowest BCUT2D eigenvalue weighted by Gasteiger charge is -2.27. The van der Waals surface area contributed by atoms with Crippen molar-refractivity contribution in [3.8, 4) is 0 Å². The molecule has 0 aromatic carbocycles. The van der Waals surface area contributed by atoms with Crippen molar-refractivity contribution in [1.82, 2.24) is 85.1 Å². The molecule has 0 radical (unpaired) electrons. The van der Waals surface area contributed by atoms with Gasteiger partial charge in [-0.15, -0.1) is 0 Å². The van der Waals surface area contributed by atoms with E-state index in [1.165, 1.54) is 41.5 Å². The highest BCUT2D eigenvalue weighted by atomic mass is 16.4. The number of hydrogen-bond donors (Lipinski definition) is 24. The molecular formula is C62H110N20O22. The zero-order valence-electron chi connectivity index (χ0n) is 59.8. The highest BCUT2D eigenvalue weighted by molar-refractivity contribution is 6.00. The van der Waals surface area contributed by atoms with E-state index in [1.54, 1.807) is 0 Å². The molecule has 0 unspecified atom stereocenters. The second kappa shape index (κ2) is 53.1. The molecule has 12 atom stereocenters. The Kier molecular flexibility index (Phi) is 48.1. The lowest BCUT2D eigenvalue weighted by atomic mass is 10.0. The van der Waals surface area contributed by atoms with Crippen molar-refractivity contribution in [2.75, 3.05) is 65.5 Å². The molecule has 0 aliphatic rings. The lowest BCUT2D eigenvalue weighted by molar-refractivity contribution is -0.143. The predicted molar refractivity (Wildman–Crippen MR) is 369 cm³/mol. The summed E-state index contributed by atoms with van der Waals surface area (Å²) >= 11 is 0. The third-order valence-corrected chi connectivity index (χ3v) is 15.2. The first-order valence-corrected chi connectivity index (χ1v) is 34.2. The number of nitrogens with two attached hydrogens (primary N) is 4. The van der Waals surface area contributed by atoms with Crippen LogP contribution in [0.2, 0.25) is 0 Å². The molecule has 28 N–H and O–H groups in total. The quantitative estimate of drug-likeness (QED) is 0.0251. The highest BCUT2D eigenvalue weighted by Crippen LogP contribution is 2.10. The van der Waals surface area contributed by atoms with E-state index in [4.69, 9.17) is 22.9 Å². The van der Waals surface area contributed by atoms with Gasteiger partial charge < -0.3 is 128 Å². The second-order valence-electron chi connectivity index (χ2n) is 24.4. The molecule has 0 bridgehead atoms. The zero-order valence-corrected chi connectivity index (χ0v) is 59.8. The molecule has 0 aromatic rings. The van der Waals surface area contributed by atoms with Gasteiger partial charge in [-0.05, 0) is 144 Å². The van der Waals surface area contributed by atoms with E-state index in [2.05, 4.69) is 85.1 Å². The topological polar surface area (TPSA) is 685 Å².